The summed E-state index contributed by atoms with van der Waals surface area (Å²) in [5.74, 6) is 1.11. The van der Waals surface area contributed by atoms with Crippen molar-refractivity contribution in [2.45, 2.75) is 50.5 Å². The molecule has 2 fully saturated rings. The van der Waals surface area contributed by atoms with Gasteiger partial charge in [0.05, 0.1) is 6.61 Å². The number of Topliss-reactive ketones (excluding diaryl/α,β-unsaturated/α-hetero) is 1. The Balaban J connectivity index is 1.77. The first-order valence-electron chi connectivity index (χ1n) is 8.99. The van der Waals surface area contributed by atoms with Crippen molar-refractivity contribution in [2.75, 3.05) is 26.8 Å². The maximum Gasteiger partial charge on any atom is 0.133 e. The van der Waals surface area contributed by atoms with Gasteiger partial charge in [-0.05, 0) is 49.8 Å². The number of ether oxygens (including phenoxy) is 1. The van der Waals surface area contributed by atoms with Crippen LogP contribution in [0.15, 0.2) is 18.2 Å². The number of ketones is 1. The second-order valence-electron chi connectivity index (χ2n) is 7.73. The van der Waals surface area contributed by atoms with E-state index < -0.39 is 0 Å². The van der Waals surface area contributed by atoms with Crippen LogP contribution in [0, 0.1) is 12.8 Å². The minimum Gasteiger partial charge on any atom is -0.383 e. The van der Waals surface area contributed by atoms with Crippen LogP contribution in [0.25, 0.3) is 0 Å². The van der Waals surface area contributed by atoms with Crippen molar-refractivity contribution in [3.63, 3.8) is 0 Å². The number of aryl methyl sites for hydroxylation is 1. The quantitative estimate of drug-likeness (QED) is 0.859. The van der Waals surface area contributed by atoms with Crippen LogP contribution in [-0.4, -0.2) is 43.5 Å². The van der Waals surface area contributed by atoms with Crippen LogP contribution in [0.3, 0.4) is 0 Å². The zero-order chi connectivity index (χ0) is 16.0. The van der Waals surface area contributed by atoms with Crippen molar-refractivity contribution in [3.8, 4) is 0 Å². The lowest BCUT2D eigenvalue weighted by molar-refractivity contribution is -0.127. The van der Waals surface area contributed by atoms with Gasteiger partial charge in [0.15, 0.2) is 0 Å². The van der Waals surface area contributed by atoms with Gasteiger partial charge in [-0.15, -0.1) is 0 Å². The first-order valence-corrected chi connectivity index (χ1v) is 8.99. The summed E-state index contributed by atoms with van der Waals surface area (Å²) in [7, 11) is 1.78. The van der Waals surface area contributed by atoms with Gasteiger partial charge in [-0.3, -0.25) is 9.69 Å². The van der Waals surface area contributed by atoms with E-state index in [4.69, 9.17) is 4.74 Å². The molecule has 3 nitrogen and oxygen atoms in total. The summed E-state index contributed by atoms with van der Waals surface area (Å²) in [4.78, 5) is 15.0. The molecule has 1 aromatic carbocycles. The molecule has 0 spiro atoms. The number of rotatable bonds is 3. The highest BCUT2D eigenvalue weighted by Crippen LogP contribution is 2.55. The molecule has 0 N–H and O–H groups in total. The van der Waals surface area contributed by atoms with Crippen molar-refractivity contribution in [1.29, 1.82) is 0 Å². The summed E-state index contributed by atoms with van der Waals surface area (Å²) in [5, 5.41) is 0. The lowest BCUT2D eigenvalue weighted by atomic mass is 9.52. The lowest BCUT2D eigenvalue weighted by Crippen LogP contribution is -2.62. The van der Waals surface area contributed by atoms with Crippen molar-refractivity contribution in [2.24, 2.45) is 5.92 Å². The second-order valence-corrected chi connectivity index (χ2v) is 7.73. The fourth-order valence-corrected chi connectivity index (χ4v) is 5.51. The van der Waals surface area contributed by atoms with E-state index in [0.717, 1.165) is 51.8 Å². The van der Waals surface area contributed by atoms with Crippen molar-refractivity contribution < 1.29 is 9.53 Å². The fourth-order valence-electron chi connectivity index (χ4n) is 5.51. The zero-order valence-corrected chi connectivity index (χ0v) is 14.3. The van der Waals surface area contributed by atoms with Crippen molar-refractivity contribution in [3.05, 3.63) is 34.9 Å². The van der Waals surface area contributed by atoms with E-state index in [1.54, 1.807) is 7.11 Å². The van der Waals surface area contributed by atoms with Crippen LogP contribution in [0.5, 0.6) is 0 Å². The first-order chi connectivity index (χ1) is 11.1. The minimum absolute atomic E-state index is 0.114. The summed E-state index contributed by atoms with van der Waals surface area (Å²) in [5.41, 5.74) is 4.42. The highest BCUT2D eigenvalue weighted by molar-refractivity contribution is 5.81. The van der Waals surface area contributed by atoms with Crippen LogP contribution >= 0.6 is 0 Å². The molecule has 124 valence electrons. The molecule has 1 aromatic rings. The number of piperidine rings is 1. The van der Waals surface area contributed by atoms with Gasteiger partial charge in [0.25, 0.3) is 0 Å². The van der Waals surface area contributed by atoms with Crippen LogP contribution in [0.2, 0.25) is 0 Å². The molecule has 1 saturated carbocycles. The molecule has 0 unspecified atom stereocenters. The third-order valence-electron chi connectivity index (χ3n) is 6.55. The Labute approximate surface area is 139 Å². The fraction of sp³-hybridized carbons (Fsp3) is 0.650. The van der Waals surface area contributed by atoms with E-state index in [1.807, 2.05) is 0 Å². The molecule has 3 aliphatic rings. The number of fused-ring (bicyclic) bond motifs is 1. The minimum atomic E-state index is 0.114. The number of hydrogen-bond donors (Lipinski definition) is 0. The Hall–Kier alpha value is -1.19. The van der Waals surface area contributed by atoms with E-state index in [-0.39, 0.29) is 5.41 Å². The number of benzene rings is 1. The largest absolute Gasteiger partial charge is 0.383 e. The average Bonchev–Trinajstić information content (AvgIpc) is 2.54. The highest BCUT2D eigenvalue weighted by Gasteiger charge is 2.55. The van der Waals surface area contributed by atoms with Gasteiger partial charge < -0.3 is 4.74 Å². The Bertz CT molecular complexity index is 626. The Kier molecular flexibility index (Phi) is 3.81. The molecule has 1 heterocycles. The van der Waals surface area contributed by atoms with Gasteiger partial charge in [-0.1, -0.05) is 23.8 Å². The lowest BCUT2D eigenvalue weighted by Gasteiger charge is -2.58. The van der Waals surface area contributed by atoms with Gasteiger partial charge in [-0.2, -0.15) is 0 Å². The third kappa shape index (κ3) is 2.36. The monoisotopic (exact) mass is 313 g/mol. The van der Waals surface area contributed by atoms with Gasteiger partial charge in [-0.25, -0.2) is 0 Å². The maximum atomic E-state index is 12.3. The van der Waals surface area contributed by atoms with Gasteiger partial charge in [0.2, 0.25) is 0 Å². The summed E-state index contributed by atoms with van der Waals surface area (Å²) in [6.07, 6.45) is 4.88. The molecule has 0 radical (unpaired) electrons. The maximum absolute atomic E-state index is 12.3. The van der Waals surface area contributed by atoms with E-state index in [1.165, 1.54) is 16.7 Å². The highest BCUT2D eigenvalue weighted by atomic mass is 16.5. The Morgan fingerprint density at radius 3 is 3.09 bits per heavy atom. The summed E-state index contributed by atoms with van der Waals surface area (Å²) in [6.45, 7) is 5.10. The number of nitrogens with zero attached hydrogens (tertiary/aromatic N) is 1. The third-order valence-corrected chi connectivity index (χ3v) is 6.55. The van der Waals surface area contributed by atoms with Gasteiger partial charge in [0, 0.05) is 38.0 Å². The standard InChI is InChI=1S/C20H27NO2/c1-14-3-4-15-12-19-17-6-5-16(22)13-20(17,18(15)11-14)7-8-21(19)9-10-23-2/h3-4,11,17,19H,5-10,12-13H2,1-2H3/t17-,19+,20-/m0/s1. The molecule has 1 aliphatic heterocycles. The van der Waals surface area contributed by atoms with Crippen LogP contribution < -0.4 is 0 Å². The molecule has 0 aromatic heterocycles. The smallest absolute Gasteiger partial charge is 0.133 e. The molecular formula is C20H27NO2. The molecule has 4 rings (SSSR count). The SMILES string of the molecule is COCCN1CC[C@]23CC(=O)CC[C@H]2[C@H]1Cc1ccc(C)cc13. The Morgan fingerprint density at radius 1 is 1.39 bits per heavy atom. The number of likely N-dealkylation sites (tertiary alicyclic amines) is 1. The molecule has 2 bridgehead atoms. The van der Waals surface area contributed by atoms with E-state index in [0.29, 0.717) is 17.7 Å². The van der Waals surface area contributed by atoms with Crippen LogP contribution in [0.1, 0.15) is 42.4 Å². The van der Waals surface area contributed by atoms with Gasteiger partial charge in [0.1, 0.15) is 5.78 Å². The number of carbonyl (C=O) groups excluding carboxylic acids is 1. The van der Waals surface area contributed by atoms with Crippen molar-refractivity contribution in [1.82, 2.24) is 4.90 Å². The number of hydrogen-bond acceptors (Lipinski definition) is 3. The summed E-state index contributed by atoms with van der Waals surface area (Å²) in [6, 6.07) is 7.51. The molecule has 23 heavy (non-hydrogen) atoms. The van der Waals surface area contributed by atoms with E-state index >= 15 is 0 Å². The van der Waals surface area contributed by atoms with E-state index in [9.17, 15) is 4.79 Å². The normalized spacial score (nSPS) is 33.2. The van der Waals surface area contributed by atoms with Crippen LogP contribution in [-0.2, 0) is 21.4 Å². The molecular weight excluding hydrogens is 286 g/mol. The average molecular weight is 313 g/mol. The number of methoxy groups -OCH3 is 1. The molecule has 3 atom stereocenters. The predicted octanol–water partition coefficient (Wildman–Crippen LogP) is 2.88. The van der Waals surface area contributed by atoms with Crippen molar-refractivity contribution >= 4 is 5.78 Å². The topological polar surface area (TPSA) is 29.5 Å². The molecule has 1 saturated heterocycles. The molecule has 3 heteroatoms. The second kappa shape index (κ2) is 5.71. The summed E-state index contributed by atoms with van der Waals surface area (Å²) >= 11 is 0. The zero-order valence-electron chi connectivity index (χ0n) is 14.3. The first kappa shape index (κ1) is 15.3. The Morgan fingerprint density at radius 2 is 2.26 bits per heavy atom. The molecule has 2 aliphatic carbocycles. The van der Waals surface area contributed by atoms with E-state index in [2.05, 4.69) is 30.0 Å². The predicted molar refractivity (Wildman–Crippen MR) is 90.8 cm³/mol. The van der Waals surface area contributed by atoms with Gasteiger partial charge >= 0.3 is 0 Å². The molecule has 0 amide bonds. The number of carbonyl (C=O) groups is 1. The summed E-state index contributed by atoms with van der Waals surface area (Å²) < 4.78 is 5.32. The van der Waals surface area contributed by atoms with Crippen LogP contribution in [0.4, 0.5) is 0 Å².